The van der Waals surface area contributed by atoms with Crippen LogP contribution in [0.4, 0.5) is 0 Å². The fourth-order valence-electron chi connectivity index (χ4n) is 0.333. The zero-order valence-electron chi connectivity index (χ0n) is 6.80. The number of nitrogens with one attached hydrogen (secondary N) is 1. The lowest BCUT2D eigenvalue weighted by Crippen LogP contribution is -2.44. The van der Waals surface area contributed by atoms with Gasteiger partial charge in [-0.05, 0) is 19.8 Å². The van der Waals surface area contributed by atoms with Crippen molar-refractivity contribution in [3.05, 3.63) is 0 Å². The van der Waals surface area contributed by atoms with Gasteiger partial charge >= 0.3 is 0 Å². The summed E-state index contributed by atoms with van der Waals surface area (Å²) in [6, 6.07) is 0. The maximum absolute atomic E-state index is 10.2. The van der Waals surface area contributed by atoms with Gasteiger partial charge in [-0.15, -0.1) is 0 Å². The van der Waals surface area contributed by atoms with Crippen LogP contribution >= 0.6 is 0 Å². The molecule has 0 rings (SSSR count). The molecule has 0 spiro atoms. The third-order valence-electron chi connectivity index (χ3n) is 1.79. The molecule has 0 saturated heterocycles. The lowest BCUT2D eigenvalue weighted by atomic mass is 9.92. The van der Waals surface area contributed by atoms with E-state index in [2.05, 4.69) is 4.72 Å². The monoisotopic (exact) mass is 164 g/mol. The van der Waals surface area contributed by atoms with Gasteiger partial charge in [-0.25, -0.2) is 4.72 Å². The summed E-state index contributed by atoms with van der Waals surface area (Å²) in [5, 5.41) is 0. The predicted octanol–water partition coefficient (Wildman–Crippen LogP) is 0.805. The van der Waals surface area contributed by atoms with Crippen molar-refractivity contribution in [2.24, 2.45) is 5.92 Å². The van der Waals surface area contributed by atoms with Crippen molar-refractivity contribution in [2.75, 3.05) is 0 Å². The van der Waals surface area contributed by atoms with Crippen LogP contribution in [0.1, 0.15) is 27.7 Å². The average molecular weight is 164 g/mol. The number of hydrogen-bond donors (Lipinski definition) is 1. The molecule has 1 atom stereocenters. The van der Waals surface area contributed by atoms with Crippen molar-refractivity contribution >= 4 is 11.3 Å². The van der Waals surface area contributed by atoms with Crippen LogP contribution in [0.2, 0.25) is 0 Å². The lowest BCUT2D eigenvalue weighted by molar-refractivity contribution is 0.331. The maximum atomic E-state index is 10.2. The maximum Gasteiger partial charge on any atom is 0.0262 e. The summed E-state index contributed by atoms with van der Waals surface area (Å²) in [5.74, 6) is 0.297. The second kappa shape index (κ2) is 3.46. The Morgan fingerprint density at radius 2 is 1.90 bits per heavy atom. The van der Waals surface area contributed by atoms with Gasteiger partial charge in [0.2, 0.25) is 0 Å². The van der Waals surface area contributed by atoms with E-state index in [1.165, 1.54) is 0 Å². The van der Waals surface area contributed by atoms with E-state index in [9.17, 15) is 8.76 Å². The van der Waals surface area contributed by atoms with Gasteiger partial charge in [0, 0.05) is 16.8 Å². The molecule has 1 unspecified atom stereocenters. The highest BCUT2D eigenvalue weighted by Gasteiger charge is 2.21. The second-order valence-corrected chi connectivity index (χ2v) is 3.89. The third kappa shape index (κ3) is 3.29. The Bertz CT molecular complexity index is 134. The Labute approximate surface area is 64.6 Å². The molecule has 0 aromatic heterocycles. The highest BCUT2D eigenvalue weighted by molar-refractivity contribution is 7.77. The van der Waals surface area contributed by atoms with Crippen molar-refractivity contribution in [3.8, 4) is 0 Å². The van der Waals surface area contributed by atoms with Gasteiger partial charge in [0.05, 0.1) is 0 Å². The smallest absolute Gasteiger partial charge is 0.0262 e. The largest absolute Gasteiger partial charge is 0.760 e. The molecule has 62 valence electrons. The molecule has 0 aromatic rings. The summed E-state index contributed by atoms with van der Waals surface area (Å²) < 4.78 is 22.9. The van der Waals surface area contributed by atoms with E-state index in [0.29, 0.717) is 5.92 Å². The molecule has 0 heterocycles. The Balaban J connectivity index is 3.99. The Morgan fingerprint density at radius 3 is 2.00 bits per heavy atom. The van der Waals surface area contributed by atoms with E-state index in [1.54, 1.807) is 0 Å². The van der Waals surface area contributed by atoms with Crippen molar-refractivity contribution in [3.63, 3.8) is 0 Å². The summed E-state index contributed by atoms with van der Waals surface area (Å²) in [6.07, 6.45) is 0. The molecular formula is C6H14NO2S-. The molecule has 0 aliphatic rings. The molecule has 0 fully saturated rings. The van der Waals surface area contributed by atoms with Crippen molar-refractivity contribution in [1.82, 2.24) is 4.72 Å². The first-order valence-corrected chi connectivity index (χ1v) is 4.31. The van der Waals surface area contributed by atoms with Crippen LogP contribution in [0.15, 0.2) is 0 Å². The van der Waals surface area contributed by atoms with Crippen molar-refractivity contribution in [2.45, 2.75) is 33.2 Å². The Hall–Kier alpha value is 0.0700. The molecule has 1 N–H and O–H groups in total. The Morgan fingerprint density at radius 1 is 1.50 bits per heavy atom. The van der Waals surface area contributed by atoms with E-state index in [0.717, 1.165) is 0 Å². The van der Waals surface area contributed by atoms with E-state index in [1.807, 2.05) is 27.7 Å². The number of rotatable bonds is 3. The molecule has 0 aromatic carbocycles. The van der Waals surface area contributed by atoms with Crippen LogP contribution in [-0.4, -0.2) is 14.3 Å². The average Bonchev–Trinajstić information content (AvgIpc) is 1.60. The molecule has 10 heavy (non-hydrogen) atoms. The van der Waals surface area contributed by atoms with Gasteiger partial charge in [0.1, 0.15) is 0 Å². The van der Waals surface area contributed by atoms with Crippen LogP contribution in [-0.2, 0) is 11.3 Å². The second-order valence-electron chi connectivity index (χ2n) is 3.21. The molecule has 0 bridgehead atoms. The third-order valence-corrected chi connectivity index (χ3v) is 2.48. The summed E-state index contributed by atoms with van der Waals surface area (Å²) in [6.45, 7) is 7.65. The normalized spacial score (nSPS) is 15.8. The minimum atomic E-state index is -2.16. The van der Waals surface area contributed by atoms with E-state index < -0.39 is 11.3 Å². The van der Waals surface area contributed by atoms with Crippen LogP contribution in [0.3, 0.4) is 0 Å². The van der Waals surface area contributed by atoms with Crippen molar-refractivity contribution in [1.29, 1.82) is 0 Å². The predicted molar refractivity (Wildman–Crippen MR) is 41.0 cm³/mol. The number of hydrogen-bond acceptors (Lipinski definition) is 2. The van der Waals surface area contributed by atoms with Gasteiger partial charge in [0.15, 0.2) is 0 Å². The van der Waals surface area contributed by atoms with Gasteiger partial charge in [-0.2, -0.15) is 0 Å². The molecule has 0 amide bonds. The fourth-order valence-corrected chi connectivity index (χ4v) is 0.998. The van der Waals surface area contributed by atoms with Crippen LogP contribution in [0, 0.1) is 5.92 Å². The van der Waals surface area contributed by atoms with Crippen LogP contribution in [0.25, 0.3) is 0 Å². The summed E-state index contributed by atoms with van der Waals surface area (Å²) in [4.78, 5) is 0. The molecule has 0 radical (unpaired) electrons. The van der Waals surface area contributed by atoms with Gasteiger partial charge in [0.25, 0.3) is 0 Å². The van der Waals surface area contributed by atoms with Crippen molar-refractivity contribution < 1.29 is 8.76 Å². The van der Waals surface area contributed by atoms with E-state index in [-0.39, 0.29) is 5.54 Å². The summed E-state index contributed by atoms with van der Waals surface area (Å²) in [7, 11) is 0. The SMILES string of the molecule is CC(C)C(C)(C)NS(=O)[O-]. The molecule has 4 heteroatoms. The molecular weight excluding hydrogens is 150 g/mol. The minimum absolute atomic E-state index is 0.297. The molecule has 3 nitrogen and oxygen atoms in total. The van der Waals surface area contributed by atoms with E-state index in [4.69, 9.17) is 0 Å². The van der Waals surface area contributed by atoms with Gasteiger partial charge in [-0.3, -0.25) is 4.21 Å². The molecule has 0 aliphatic heterocycles. The molecule has 0 saturated carbocycles. The quantitative estimate of drug-likeness (QED) is 0.627. The zero-order valence-corrected chi connectivity index (χ0v) is 7.62. The highest BCUT2D eigenvalue weighted by atomic mass is 32.2. The highest BCUT2D eigenvalue weighted by Crippen LogP contribution is 2.14. The summed E-state index contributed by atoms with van der Waals surface area (Å²) in [5.41, 5.74) is -0.341. The first-order chi connectivity index (χ1) is 4.36. The molecule has 0 aliphatic carbocycles. The Kier molecular flexibility index (Phi) is 3.48. The fraction of sp³-hybridized carbons (Fsp3) is 1.00. The summed E-state index contributed by atoms with van der Waals surface area (Å²) >= 11 is -2.16. The van der Waals surface area contributed by atoms with Crippen LogP contribution < -0.4 is 4.72 Å². The first kappa shape index (κ1) is 10.1. The lowest BCUT2D eigenvalue weighted by Gasteiger charge is -2.31. The standard InChI is InChI=1S/C6H15NO2S/c1-5(2)6(3,4)7-10(8)9/h5,7H,1-4H3,(H,8,9)/p-1. The van der Waals surface area contributed by atoms with Crippen LogP contribution in [0.5, 0.6) is 0 Å². The first-order valence-electron chi connectivity index (χ1n) is 3.23. The minimum Gasteiger partial charge on any atom is -0.760 e. The zero-order chi connectivity index (χ0) is 8.36. The van der Waals surface area contributed by atoms with E-state index >= 15 is 0 Å². The van der Waals surface area contributed by atoms with Gasteiger partial charge < -0.3 is 4.55 Å². The topological polar surface area (TPSA) is 52.2 Å². The van der Waals surface area contributed by atoms with Gasteiger partial charge in [-0.1, -0.05) is 13.8 Å².